The second kappa shape index (κ2) is 6.77. The summed E-state index contributed by atoms with van der Waals surface area (Å²) in [5.41, 5.74) is 0.780. The van der Waals surface area contributed by atoms with E-state index in [1.165, 1.54) is 11.8 Å². The molecule has 0 fully saturated rings. The highest BCUT2D eigenvalue weighted by Crippen LogP contribution is 2.25. The summed E-state index contributed by atoms with van der Waals surface area (Å²) in [4.78, 5) is 23.5. The van der Waals surface area contributed by atoms with E-state index < -0.39 is 5.97 Å². The fraction of sp³-hybridized carbons (Fsp3) is 0.308. The van der Waals surface area contributed by atoms with Gasteiger partial charge >= 0.3 is 5.97 Å². The molecule has 2 aromatic rings. The van der Waals surface area contributed by atoms with Crippen molar-refractivity contribution in [1.82, 2.24) is 5.16 Å². The number of nitrogens with one attached hydrogen (secondary N) is 1. The van der Waals surface area contributed by atoms with Gasteiger partial charge in [-0.15, -0.1) is 23.1 Å². The predicted molar refractivity (Wildman–Crippen MR) is 81.2 cm³/mol. The lowest BCUT2D eigenvalue weighted by Gasteiger charge is -1.99. The van der Waals surface area contributed by atoms with Crippen molar-refractivity contribution in [3.8, 4) is 0 Å². The van der Waals surface area contributed by atoms with Crippen LogP contribution in [-0.4, -0.2) is 27.9 Å². The van der Waals surface area contributed by atoms with Gasteiger partial charge in [0.05, 0.1) is 11.4 Å². The molecule has 0 aliphatic rings. The third-order valence-electron chi connectivity index (χ3n) is 2.54. The van der Waals surface area contributed by atoms with Gasteiger partial charge in [-0.3, -0.25) is 10.1 Å². The van der Waals surface area contributed by atoms with Gasteiger partial charge in [0.2, 0.25) is 11.8 Å². The van der Waals surface area contributed by atoms with E-state index in [4.69, 9.17) is 9.63 Å². The summed E-state index contributed by atoms with van der Waals surface area (Å²) >= 11 is 2.41. The second-order valence-corrected chi connectivity index (χ2v) is 6.52. The zero-order valence-corrected chi connectivity index (χ0v) is 13.1. The number of aromatic carboxylic acids is 1. The first-order valence-electron chi connectivity index (χ1n) is 6.17. The molecule has 0 aliphatic heterocycles. The first-order chi connectivity index (χ1) is 9.95. The Bertz CT molecular complexity index is 648. The number of thiophene rings is 1. The minimum Gasteiger partial charge on any atom is -0.477 e. The number of thioether (sulfide) groups is 1. The molecular weight excluding hydrogens is 312 g/mol. The molecule has 0 radical (unpaired) electrons. The first-order valence-corrected chi connectivity index (χ1v) is 8.03. The van der Waals surface area contributed by atoms with Crippen LogP contribution in [0.3, 0.4) is 0 Å². The molecule has 0 unspecified atom stereocenters. The van der Waals surface area contributed by atoms with Gasteiger partial charge in [0, 0.05) is 16.3 Å². The molecule has 2 heterocycles. The highest BCUT2D eigenvalue weighted by atomic mass is 32.2. The van der Waals surface area contributed by atoms with Crippen LogP contribution in [-0.2, 0) is 4.79 Å². The van der Waals surface area contributed by atoms with E-state index in [9.17, 15) is 9.59 Å². The van der Waals surface area contributed by atoms with Crippen molar-refractivity contribution >= 4 is 40.9 Å². The van der Waals surface area contributed by atoms with Gasteiger partial charge in [-0.2, -0.15) is 0 Å². The largest absolute Gasteiger partial charge is 0.477 e. The van der Waals surface area contributed by atoms with Crippen LogP contribution >= 0.6 is 23.1 Å². The average molecular weight is 326 g/mol. The summed E-state index contributed by atoms with van der Waals surface area (Å²) in [6.07, 6.45) is 0. The standard InChI is InChI=1S/C13H14N2O4S2/c1-7(2)9-4-12(19-15-9)14-11(16)6-20-8-3-10(13(17)18)21-5-8/h3-5,7H,6H2,1-2H3,(H,14,16)(H,17,18). The number of aromatic nitrogens is 1. The highest BCUT2D eigenvalue weighted by Gasteiger charge is 2.12. The van der Waals surface area contributed by atoms with Crippen LogP contribution in [0.4, 0.5) is 5.88 Å². The summed E-state index contributed by atoms with van der Waals surface area (Å²) in [6, 6.07) is 3.25. The Labute approximate surface area is 129 Å². The number of carbonyl (C=O) groups is 2. The Morgan fingerprint density at radius 2 is 2.24 bits per heavy atom. The lowest BCUT2D eigenvalue weighted by atomic mass is 10.1. The number of hydrogen-bond donors (Lipinski definition) is 2. The number of carboxylic acids is 1. The van der Waals surface area contributed by atoms with Crippen molar-refractivity contribution < 1.29 is 19.2 Å². The van der Waals surface area contributed by atoms with Crippen LogP contribution in [0, 0.1) is 0 Å². The normalized spacial score (nSPS) is 10.8. The van der Waals surface area contributed by atoms with Crippen molar-refractivity contribution in [1.29, 1.82) is 0 Å². The summed E-state index contributed by atoms with van der Waals surface area (Å²) in [7, 11) is 0. The third kappa shape index (κ3) is 4.33. The molecule has 2 rings (SSSR count). The van der Waals surface area contributed by atoms with Crippen molar-refractivity contribution in [2.75, 3.05) is 11.1 Å². The predicted octanol–water partition coefficient (Wildman–Crippen LogP) is 3.29. The number of anilines is 1. The number of nitrogens with zero attached hydrogens (tertiary/aromatic N) is 1. The summed E-state index contributed by atoms with van der Waals surface area (Å²) < 4.78 is 5.02. The Morgan fingerprint density at radius 3 is 2.81 bits per heavy atom. The average Bonchev–Trinajstić information content (AvgIpc) is 3.05. The molecule has 0 atom stereocenters. The molecule has 0 saturated carbocycles. The molecule has 1 amide bonds. The van der Waals surface area contributed by atoms with E-state index in [2.05, 4.69) is 10.5 Å². The molecule has 0 aromatic carbocycles. The molecule has 6 nitrogen and oxygen atoms in total. The summed E-state index contributed by atoms with van der Waals surface area (Å²) in [6.45, 7) is 3.96. The fourth-order valence-electron chi connectivity index (χ4n) is 1.45. The zero-order chi connectivity index (χ0) is 15.4. The lowest BCUT2D eigenvalue weighted by Crippen LogP contribution is -2.13. The van der Waals surface area contributed by atoms with Gasteiger partial charge in [0.25, 0.3) is 0 Å². The Balaban J connectivity index is 1.85. The second-order valence-electron chi connectivity index (χ2n) is 4.56. The summed E-state index contributed by atoms with van der Waals surface area (Å²) in [5.74, 6) is -0.461. The molecule has 0 spiro atoms. The van der Waals surface area contributed by atoms with E-state index >= 15 is 0 Å². The van der Waals surface area contributed by atoms with E-state index in [1.54, 1.807) is 17.5 Å². The van der Waals surface area contributed by atoms with Crippen molar-refractivity contribution in [2.24, 2.45) is 0 Å². The maximum absolute atomic E-state index is 11.8. The molecule has 8 heteroatoms. The van der Waals surface area contributed by atoms with Gasteiger partial charge < -0.3 is 9.63 Å². The molecule has 0 bridgehead atoms. The van der Waals surface area contributed by atoms with Crippen molar-refractivity contribution in [3.63, 3.8) is 0 Å². The number of carbonyl (C=O) groups excluding carboxylic acids is 1. The van der Waals surface area contributed by atoms with Crippen molar-refractivity contribution in [3.05, 3.63) is 28.1 Å². The Hall–Kier alpha value is -1.80. The lowest BCUT2D eigenvalue weighted by molar-refractivity contribution is -0.113. The highest BCUT2D eigenvalue weighted by molar-refractivity contribution is 8.00. The van der Waals surface area contributed by atoms with Gasteiger partial charge in [0.1, 0.15) is 4.88 Å². The van der Waals surface area contributed by atoms with Gasteiger partial charge in [-0.1, -0.05) is 19.0 Å². The van der Waals surface area contributed by atoms with Crippen LogP contribution in [0.25, 0.3) is 0 Å². The number of rotatable bonds is 6. The Morgan fingerprint density at radius 1 is 1.48 bits per heavy atom. The van der Waals surface area contributed by atoms with Crippen molar-refractivity contribution in [2.45, 2.75) is 24.7 Å². The van der Waals surface area contributed by atoms with E-state index in [0.717, 1.165) is 21.9 Å². The number of amides is 1. The van der Waals surface area contributed by atoms with Gasteiger partial charge in [0.15, 0.2) is 0 Å². The fourth-order valence-corrected chi connectivity index (χ4v) is 3.12. The van der Waals surface area contributed by atoms with E-state index in [0.29, 0.717) is 5.88 Å². The van der Waals surface area contributed by atoms with Crippen LogP contribution in [0.15, 0.2) is 26.9 Å². The molecule has 0 aliphatic carbocycles. The maximum Gasteiger partial charge on any atom is 0.345 e. The van der Waals surface area contributed by atoms with Crippen LogP contribution < -0.4 is 5.32 Å². The third-order valence-corrected chi connectivity index (χ3v) is 4.58. The topological polar surface area (TPSA) is 92.4 Å². The Kier molecular flexibility index (Phi) is 5.03. The van der Waals surface area contributed by atoms with Crippen LogP contribution in [0.2, 0.25) is 0 Å². The van der Waals surface area contributed by atoms with Crippen LogP contribution in [0.1, 0.15) is 35.1 Å². The maximum atomic E-state index is 11.8. The smallest absolute Gasteiger partial charge is 0.345 e. The van der Waals surface area contributed by atoms with E-state index in [1.807, 2.05) is 13.8 Å². The minimum absolute atomic E-state index is 0.174. The number of hydrogen-bond acceptors (Lipinski definition) is 6. The molecule has 112 valence electrons. The molecule has 2 aromatic heterocycles. The summed E-state index contributed by atoms with van der Waals surface area (Å²) in [5, 5.41) is 17.0. The van der Waals surface area contributed by atoms with Crippen LogP contribution in [0.5, 0.6) is 0 Å². The monoisotopic (exact) mass is 326 g/mol. The van der Waals surface area contributed by atoms with Gasteiger partial charge in [-0.25, -0.2) is 4.79 Å². The zero-order valence-electron chi connectivity index (χ0n) is 11.5. The van der Waals surface area contributed by atoms with E-state index in [-0.39, 0.29) is 22.5 Å². The van der Waals surface area contributed by atoms with Gasteiger partial charge in [-0.05, 0) is 12.0 Å². The quantitative estimate of drug-likeness (QED) is 0.791. The molecular formula is C13H14N2O4S2. The molecule has 0 saturated heterocycles. The molecule has 2 N–H and O–H groups in total. The first kappa shape index (κ1) is 15.6. The minimum atomic E-state index is -0.959. The molecule has 21 heavy (non-hydrogen) atoms. The number of carboxylic acid groups (broad SMARTS) is 1. The SMILES string of the molecule is CC(C)c1cc(NC(=O)CSc2csc(C(=O)O)c2)on1.